The summed E-state index contributed by atoms with van der Waals surface area (Å²) in [5.74, 6) is 0.268. The maximum absolute atomic E-state index is 15.3. The van der Waals surface area contributed by atoms with Crippen LogP contribution in [0.25, 0.3) is 16.7 Å². The molecule has 0 aromatic heterocycles. The lowest BCUT2D eigenvalue weighted by molar-refractivity contribution is -0.282. The van der Waals surface area contributed by atoms with Gasteiger partial charge >= 0.3 is 0 Å². The lowest BCUT2D eigenvalue weighted by Crippen LogP contribution is -2.59. The molecule has 1 heterocycles. The zero-order chi connectivity index (χ0) is 27.3. The van der Waals surface area contributed by atoms with Gasteiger partial charge in [-0.25, -0.2) is 4.39 Å². The number of hydrogen-bond donors (Lipinski definition) is 0. The fourth-order valence-electron chi connectivity index (χ4n) is 6.57. The molecule has 2 aromatic carbocycles. The Hall–Kier alpha value is -2.27. The van der Waals surface area contributed by atoms with Gasteiger partial charge in [-0.1, -0.05) is 54.6 Å². The van der Waals surface area contributed by atoms with Gasteiger partial charge in [0.15, 0.2) is 0 Å². The first kappa shape index (κ1) is 28.7. The van der Waals surface area contributed by atoms with Gasteiger partial charge in [0, 0.05) is 23.2 Å². The second-order valence-corrected chi connectivity index (χ2v) is 12.1. The average Bonchev–Trinajstić information content (AvgIpc) is 2.88. The second kappa shape index (κ2) is 12.3. The van der Waals surface area contributed by atoms with Crippen molar-refractivity contribution in [2.45, 2.75) is 103 Å². The predicted molar refractivity (Wildman–Crippen MR) is 156 cm³/mol. The number of nitrogens with zero attached hydrogens (tertiary/aromatic N) is 1. The zero-order valence-corrected chi connectivity index (χ0v) is 24.2. The van der Waals surface area contributed by atoms with E-state index in [2.05, 4.69) is 81.3 Å². The van der Waals surface area contributed by atoms with Crippen LogP contribution in [0.4, 0.5) is 4.39 Å². The van der Waals surface area contributed by atoms with Crippen molar-refractivity contribution in [3.63, 3.8) is 0 Å². The van der Waals surface area contributed by atoms with Crippen LogP contribution in [0.1, 0.15) is 97.1 Å². The summed E-state index contributed by atoms with van der Waals surface area (Å²) in [6, 6.07) is 14.3. The van der Waals surface area contributed by atoms with E-state index in [1.165, 1.54) is 11.1 Å². The largest absolute Gasteiger partial charge is 0.378 e. The molecule has 0 radical (unpaired) electrons. The summed E-state index contributed by atoms with van der Waals surface area (Å²) in [6.45, 7) is 14.6. The van der Waals surface area contributed by atoms with Crippen LogP contribution < -0.4 is 0 Å². The number of halogens is 1. The quantitative estimate of drug-likeness (QED) is 0.244. The van der Waals surface area contributed by atoms with E-state index in [0.717, 1.165) is 56.3 Å². The van der Waals surface area contributed by atoms with E-state index in [9.17, 15) is 0 Å². The van der Waals surface area contributed by atoms with Crippen molar-refractivity contribution in [3.05, 3.63) is 77.6 Å². The molecule has 206 valence electrons. The van der Waals surface area contributed by atoms with Gasteiger partial charge in [-0.15, -0.1) is 0 Å². The number of rotatable bonds is 9. The van der Waals surface area contributed by atoms with E-state index in [4.69, 9.17) is 9.57 Å². The summed E-state index contributed by atoms with van der Waals surface area (Å²) in [7, 11) is 0. The third-order valence-electron chi connectivity index (χ3n) is 8.13. The Morgan fingerprint density at radius 2 is 1.68 bits per heavy atom. The summed E-state index contributed by atoms with van der Waals surface area (Å²) in [4.78, 5) is 6.29. The molecular formula is C34H46FNO2. The van der Waals surface area contributed by atoms with Gasteiger partial charge in [0.2, 0.25) is 0 Å². The average molecular weight is 520 g/mol. The Labute approximate surface area is 229 Å². The van der Waals surface area contributed by atoms with Gasteiger partial charge < -0.3 is 4.74 Å². The van der Waals surface area contributed by atoms with Crippen molar-refractivity contribution < 1.29 is 14.0 Å². The predicted octanol–water partition coefficient (Wildman–Crippen LogP) is 9.10. The number of hydrogen-bond acceptors (Lipinski definition) is 3. The summed E-state index contributed by atoms with van der Waals surface area (Å²) < 4.78 is 21.0. The molecule has 0 spiro atoms. The molecule has 0 bridgehead atoms. The van der Waals surface area contributed by atoms with E-state index >= 15 is 4.39 Å². The van der Waals surface area contributed by atoms with Crippen LogP contribution in [0.15, 0.2) is 60.7 Å². The minimum atomic E-state index is -0.159. The minimum absolute atomic E-state index is 0.0839. The second-order valence-electron chi connectivity index (χ2n) is 12.1. The Morgan fingerprint density at radius 1 is 1.00 bits per heavy atom. The van der Waals surface area contributed by atoms with E-state index in [1.807, 2.05) is 19.9 Å². The highest BCUT2D eigenvalue weighted by atomic mass is 19.1. The van der Waals surface area contributed by atoms with Crippen LogP contribution in [0, 0.1) is 5.82 Å². The Morgan fingerprint density at radius 3 is 2.26 bits per heavy atom. The van der Waals surface area contributed by atoms with Crippen molar-refractivity contribution in [2.75, 3.05) is 13.2 Å². The van der Waals surface area contributed by atoms with E-state index in [-0.39, 0.29) is 16.9 Å². The fourth-order valence-corrected chi connectivity index (χ4v) is 6.57. The van der Waals surface area contributed by atoms with Gasteiger partial charge in [0.05, 0.1) is 12.7 Å². The first-order valence-corrected chi connectivity index (χ1v) is 14.4. The fraction of sp³-hybridized carbons (Fsp3) is 0.529. The Balaban J connectivity index is 1.45. The van der Waals surface area contributed by atoms with E-state index in [0.29, 0.717) is 24.2 Å². The first-order valence-electron chi connectivity index (χ1n) is 14.4. The van der Waals surface area contributed by atoms with Crippen molar-refractivity contribution in [2.24, 2.45) is 0 Å². The van der Waals surface area contributed by atoms with Gasteiger partial charge in [-0.2, -0.15) is 5.06 Å². The molecule has 38 heavy (non-hydrogen) atoms. The molecule has 4 rings (SSSR count). The first-order chi connectivity index (χ1) is 18.1. The molecule has 0 amide bonds. The van der Waals surface area contributed by atoms with Crippen LogP contribution in [-0.2, 0) is 9.57 Å². The highest BCUT2D eigenvalue weighted by Gasteiger charge is 2.46. The highest BCUT2D eigenvalue weighted by Crippen LogP contribution is 2.46. The van der Waals surface area contributed by atoms with E-state index in [1.54, 1.807) is 6.07 Å². The zero-order valence-electron chi connectivity index (χ0n) is 24.2. The van der Waals surface area contributed by atoms with Crippen LogP contribution in [0.5, 0.6) is 0 Å². The standard InChI is InChI=1S/C34H46FNO2/c1-7-9-10-21-38-36-33(3,4)23-29(24-34(36,5)6)26-11-13-27(14-12-26)31-20-17-28(22-32(31)35)25-15-18-30(19-16-25)37-8-2/h7,9,11-15,17,20,22,29-30H,8,10,16,18-19,21,23-24H2,1-6H3/b9-7-. The molecule has 1 atom stereocenters. The molecule has 1 saturated heterocycles. The molecule has 1 unspecified atom stereocenters. The van der Waals surface area contributed by atoms with E-state index < -0.39 is 0 Å². The molecule has 1 fully saturated rings. The smallest absolute Gasteiger partial charge is 0.131 e. The van der Waals surface area contributed by atoms with Crippen molar-refractivity contribution in [1.29, 1.82) is 0 Å². The van der Waals surface area contributed by atoms with Gasteiger partial charge in [0.1, 0.15) is 5.82 Å². The van der Waals surface area contributed by atoms with Gasteiger partial charge in [0.25, 0.3) is 0 Å². The maximum atomic E-state index is 15.3. The molecule has 1 aliphatic carbocycles. The normalized spacial score (nSPS) is 22.1. The summed E-state index contributed by atoms with van der Waals surface area (Å²) in [6.07, 6.45) is 12.5. The molecule has 0 saturated carbocycles. The van der Waals surface area contributed by atoms with Crippen LogP contribution in [0.3, 0.4) is 0 Å². The third kappa shape index (κ3) is 6.65. The van der Waals surface area contributed by atoms with Crippen LogP contribution in [0.2, 0.25) is 0 Å². The Kier molecular flexibility index (Phi) is 9.28. The number of ether oxygens (including phenoxy) is 1. The van der Waals surface area contributed by atoms with Crippen LogP contribution in [-0.4, -0.2) is 35.5 Å². The topological polar surface area (TPSA) is 21.7 Å². The molecular weight excluding hydrogens is 473 g/mol. The molecule has 2 aliphatic rings. The van der Waals surface area contributed by atoms with Crippen molar-refractivity contribution in [1.82, 2.24) is 5.06 Å². The monoisotopic (exact) mass is 519 g/mol. The lowest BCUT2D eigenvalue weighted by atomic mass is 9.72. The highest BCUT2D eigenvalue weighted by molar-refractivity contribution is 5.71. The van der Waals surface area contributed by atoms with Gasteiger partial charge in [-0.05, 0) is 114 Å². The van der Waals surface area contributed by atoms with Crippen LogP contribution >= 0.6 is 0 Å². The third-order valence-corrected chi connectivity index (χ3v) is 8.13. The minimum Gasteiger partial charge on any atom is -0.378 e. The number of benzene rings is 2. The summed E-state index contributed by atoms with van der Waals surface area (Å²) in [5, 5.41) is 2.23. The maximum Gasteiger partial charge on any atom is 0.131 e. The SMILES string of the molecule is C/C=C\CCON1C(C)(C)CC(c2ccc(-c3ccc(C4=CCC(OCC)CC4)cc3F)cc2)CC1(C)C. The lowest BCUT2D eigenvalue weighted by Gasteiger charge is -2.54. The Bertz CT molecular complexity index is 1110. The summed E-state index contributed by atoms with van der Waals surface area (Å²) >= 11 is 0. The van der Waals surface area contributed by atoms with Gasteiger partial charge in [-0.3, -0.25) is 4.84 Å². The number of allylic oxidation sites excluding steroid dienone is 2. The molecule has 4 heteroatoms. The number of piperidine rings is 1. The number of hydroxylamine groups is 2. The molecule has 0 N–H and O–H groups in total. The molecule has 3 nitrogen and oxygen atoms in total. The summed E-state index contributed by atoms with van der Waals surface area (Å²) in [5.41, 5.74) is 4.95. The van der Waals surface area contributed by atoms with Crippen molar-refractivity contribution >= 4 is 5.57 Å². The van der Waals surface area contributed by atoms with Crippen molar-refractivity contribution in [3.8, 4) is 11.1 Å². The molecule has 2 aromatic rings. The molecule has 1 aliphatic heterocycles.